The van der Waals surface area contributed by atoms with Crippen LogP contribution in [0.15, 0.2) is 23.8 Å². The molecule has 0 fully saturated rings. The molecular weight excluding hydrogens is 148 g/mol. The van der Waals surface area contributed by atoms with Gasteiger partial charge in [0.2, 0.25) is 0 Å². The average Bonchev–Trinajstić information content (AvgIpc) is 1.94. The van der Waals surface area contributed by atoms with Crippen LogP contribution in [-0.4, -0.2) is 10.7 Å². The first-order valence-electron chi connectivity index (χ1n) is 4.50. The number of hydrogen-bond donors (Lipinski definition) is 1. The van der Waals surface area contributed by atoms with E-state index >= 15 is 0 Å². The van der Waals surface area contributed by atoms with E-state index in [4.69, 9.17) is 0 Å². The summed E-state index contributed by atoms with van der Waals surface area (Å²) in [7, 11) is 0. The van der Waals surface area contributed by atoms with Gasteiger partial charge in [-0.05, 0) is 45.1 Å². The van der Waals surface area contributed by atoms with E-state index in [1.807, 2.05) is 13.8 Å². The molecule has 0 amide bonds. The van der Waals surface area contributed by atoms with Gasteiger partial charge in [-0.2, -0.15) is 0 Å². The second kappa shape index (κ2) is 3.06. The molecule has 0 heterocycles. The Bertz CT molecular complexity index is 223. The van der Waals surface area contributed by atoms with Crippen molar-refractivity contribution in [2.24, 2.45) is 5.92 Å². The van der Waals surface area contributed by atoms with Gasteiger partial charge < -0.3 is 5.11 Å². The summed E-state index contributed by atoms with van der Waals surface area (Å²) in [5.74, 6) is 0.477. The number of aliphatic hydroxyl groups is 1. The molecule has 0 aromatic rings. The van der Waals surface area contributed by atoms with Crippen molar-refractivity contribution < 1.29 is 5.11 Å². The van der Waals surface area contributed by atoms with Gasteiger partial charge in [0.25, 0.3) is 0 Å². The molecule has 1 aliphatic carbocycles. The third-order valence-electron chi connectivity index (χ3n) is 2.88. The maximum Gasteiger partial charge on any atom is 0.0826 e. The lowest BCUT2D eigenvalue weighted by atomic mass is 9.79. The van der Waals surface area contributed by atoms with Crippen LogP contribution in [0.1, 0.15) is 33.6 Å². The van der Waals surface area contributed by atoms with E-state index in [2.05, 4.69) is 19.6 Å². The molecule has 1 heteroatoms. The number of hydrogen-bond acceptors (Lipinski definition) is 1. The fourth-order valence-corrected chi connectivity index (χ4v) is 1.59. The molecule has 0 aromatic carbocycles. The van der Waals surface area contributed by atoms with Crippen LogP contribution in [0.4, 0.5) is 0 Å². The fourth-order valence-electron chi connectivity index (χ4n) is 1.59. The normalized spacial score (nSPS) is 36.0. The minimum absolute atomic E-state index is 0.477. The minimum Gasteiger partial charge on any atom is -0.386 e. The predicted molar refractivity (Wildman–Crippen MR) is 51.9 cm³/mol. The highest BCUT2D eigenvalue weighted by atomic mass is 16.3. The van der Waals surface area contributed by atoms with Crippen LogP contribution in [-0.2, 0) is 0 Å². The Morgan fingerprint density at radius 2 is 2.33 bits per heavy atom. The van der Waals surface area contributed by atoms with Gasteiger partial charge in [0.05, 0.1) is 5.60 Å². The van der Waals surface area contributed by atoms with E-state index in [0.717, 1.165) is 18.4 Å². The maximum atomic E-state index is 9.84. The van der Waals surface area contributed by atoms with Gasteiger partial charge in [0, 0.05) is 0 Å². The quantitative estimate of drug-likeness (QED) is 0.594. The average molecular weight is 166 g/mol. The largest absolute Gasteiger partial charge is 0.386 e. The topological polar surface area (TPSA) is 20.2 Å². The molecule has 68 valence electrons. The summed E-state index contributed by atoms with van der Waals surface area (Å²) in [4.78, 5) is 0. The molecule has 0 aromatic heterocycles. The molecule has 1 nitrogen and oxygen atoms in total. The Hall–Kier alpha value is -0.560. The highest BCUT2D eigenvalue weighted by Gasteiger charge is 2.28. The summed E-state index contributed by atoms with van der Waals surface area (Å²) in [6, 6.07) is 0. The molecular formula is C11H18O. The monoisotopic (exact) mass is 166 g/mol. The van der Waals surface area contributed by atoms with Gasteiger partial charge in [-0.15, -0.1) is 0 Å². The molecule has 1 rings (SSSR count). The lowest BCUT2D eigenvalue weighted by Crippen LogP contribution is -2.30. The zero-order valence-corrected chi connectivity index (χ0v) is 8.22. The summed E-state index contributed by atoms with van der Waals surface area (Å²) in [5, 5.41) is 9.84. The van der Waals surface area contributed by atoms with E-state index in [0.29, 0.717) is 5.92 Å². The maximum absolute atomic E-state index is 9.84. The summed E-state index contributed by atoms with van der Waals surface area (Å²) in [6.45, 7) is 9.86. The molecule has 0 aliphatic heterocycles. The van der Waals surface area contributed by atoms with Gasteiger partial charge in [-0.25, -0.2) is 0 Å². The van der Waals surface area contributed by atoms with E-state index in [9.17, 15) is 5.11 Å². The fraction of sp³-hybridized carbons (Fsp3) is 0.636. The first-order valence-corrected chi connectivity index (χ1v) is 4.50. The highest BCUT2D eigenvalue weighted by molar-refractivity contribution is 5.22. The van der Waals surface area contributed by atoms with E-state index in [1.165, 1.54) is 5.57 Å². The van der Waals surface area contributed by atoms with Crippen molar-refractivity contribution in [2.75, 3.05) is 0 Å². The molecule has 0 saturated carbocycles. The molecule has 0 unspecified atom stereocenters. The molecule has 0 radical (unpaired) electrons. The van der Waals surface area contributed by atoms with Gasteiger partial charge in [0.1, 0.15) is 0 Å². The Kier molecular flexibility index (Phi) is 2.43. The van der Waals surface area contributed by atoms with Crippen molar-refractivity contribution in [3.63, 3.8) is 0 Å². The Balaban J connectivity index is 2.82. The summed E-state index contributed by atoms with van der Waals surface area (Å²) >= 11 is 0. The summed E-state index contributed by atoms with van der Waals surface area (Å²) < 4.78 is 0. The Labute approximate surface area is 74.8 Å². The van der Waals surface area contributed by atoms with Gasteiger partial charge in [-0.3, -0.25) is 0 Å². The second-order valence-corrected chi connectivity index (χ2v) is 4.12. The smallest absolute Gasteiger partial charge is 0.0826 e. The second-order valence-electron chi connectivity index (χ2n) is 4.12. The molecule has 0 saturated heterocycles. The van der Waals surface area contributed by atoms with Crippen LogP contribution >= 0.6 is 0 Å². The van der Waals surface area contributed by atoms with Crippen LogP contribution in [0, 0.1) is 5.92 Å². The Morgan fingerprint density at radius 3 is 2.75 bits per heavy atom. The molecule has 2 atom stereocenters. The Morgan fingerprint density at radius 1 is 1.75 bits per heavy atom. The minimum atomic E-state index is -0.577. The third kappa shape index (κ3) is 1.78. The number of rotatable bonds is 1. The zero-order chi connectivity index (χ0) is 9.35. The highest BCUT2D eigenvalue weighted by Crippen LogP contribution is 2.33. The van der Waals surface area contributed by atoms with Gasteiger partial charge in [0.15, 0.2) is 0 Å². The van der Waals surface area contributed by atoms with Crippen molar-refractivity contribution in [3.05, 3.63) is 23.8 Å². The van der Waals surface area contributed by atoms with Crippen molar-refractivity contribution >= 4 is 0 Å². The van der Waals surface area contributed by atoms with Crippen molar-refractivity contribution in [1.82, 2.24) is 0 Å². The molecule has 1 N–H and O–H groups in total. The van der Waals surface area contributed by atoms with Crippen molar-refractivity contribution in [3.8, 4) is 0 Å². The van der Waals surface area contributed by atoms with Gasteiger partial charge >= 0.3 is 0 Å². The van der Waals surface area contributed by atoms with Crippen molar-refractivity contribution in [1.29, 1.82) is 0 Å². The van der Waals surface area contributed by atoms with Crippen LogP contribution in [0.3, 0.4) is 0 Å². The van der Waals surface area contributed by atoms with Crippen LogP contribution < -0.4 is 0 Å². The van der Waals surface area contributed by atoms with E-state index in [-0.39, 0.29) is 0 Å². The lowest BCUT2D eigenvalue weighted by molar-refractivity contribution is 0.0769. The first kappa shape index (κ1) is 9.53. The molecule has 1 aliphatic rings. The summed E-state index contributed by atoms with van der Waals surface area (Å²) in [5.41, 5.74) is 1.71. The zero-order valence-electron chi connectivity index (χ0n) is 8.22. The number of allylic oxidation sites excluding steroid dienone is 2. The molecule has 12 heavy (non-hydrogen) atoms. The van der Waals surface area contributed by atoms with Crippen molar-refractivity contribution in [2.45, 2.75) is 39.2 Å². The van der Waals surface area contributed by atoms with Crippen LogP contribution in [0.2, 0.25) is 0 Å². The van der Waals surface area contributed by atoms with E-state index in [1.54, 1.807) is 0 Å². The third-order valence-corrected chi connectivity index (χ3v) is 2.88. The molecule has 0 bridgehead atoms. The standard InChI is InChI=1S/C11H18O/c1-8(2)10-5-6-11(4,12)9(3)7-10/h7,10,12H,1,5-6H2,2-4H3/t10-,11+/m1/s1. The van der Waals surface area contributed by atoms with Gasteiger partial charge in [-0.1, -0.05) is 18.2 Å². The van der Waals surface area contributed by atoms with E-state index < -0.39 is 5.60 Å². The summed E-state index contributed by atoms with van der Waals surface area (Å²) in [6.07, 6.45) is 4.03. The SMILES string of the molecule is C=C(C)[C@H]1C=C(C)[C@@](C)(O)CC1. The first-order chi connectivity index (χ1) is 5.43. The predicted octanol–water partition coefficient (Wildman–Crippen LogP) is 2.67. The van der Waals surface area contributed by atoms with Crippen LogP contribution in [0.5, 0.6) is 0 Å². The van der Waals surface area contributed by atoms with Crippen LogP contribution in [0.25, 0.3) is 0 Å². The lowest BCUT2D eigenvalue weighted by Gasteiger charge is -2.32. The molecule has 0 spiro atoms.